The number of pyridine rings is 2. The summed E-state index contributed by atoms with van der Waals surface area (Å²) >= 11 is 0. The van der Waals surface area contributed by atoms with Crippen molar-refractivity contribution in [2.45, 2.75) is 45.1 Å². The van der Waals surface area contributed by atoms with Crippen LogP contribution in [0.1, 0.15) is 42.5 Å². The van der Waals surface area contributed by atoms with Gasteiger partial charge in [0.25, 0.3) is 0 Å². The average Bonchev–Trinajstić information content (AvgIpc) is 3.56. The summed E-state index contributed by atoms with van der Waals surface area (Å²) in [6, 6.07) is 2.11. The number of likely N-dealkylation sites (tertiary alicyclic amines) is 1. The molecule has 168 valence electrons. The van der Waals surface area contributed by atoms with Crippen LogP contribution >= 0.6 is 0 Å². The summed E-state index contributed by atoms with van der Waals surface area (Å²) in [6.45, 7) is 7.24. The predicted molar refractivity (Wildman–Crippen MR) is 121 cm³/mol. The monoisotopic (exact) mass is 426 g/mol. The van der Waals surface area contributed by atoms with Crippen LogP contribution in [0.15, 0.2) is 6.07 Å². The molecule has 2 fully saturated rings. The minimum Gasteiger partial charge on any atom is -0.481 e. The van der Waals surface area contributed by atoms with Crippen LogP contribution in [-0.4, -0.2) is 68.0 Å². The van der Waals surface area contributed by atoms with Crippen LogP contribution in [0.4, 0.5) is 5.69 Å². The first-order valence-electron chi connectivity index (χ1n) is 11.8. The molecule has 5 rings (SSSR count). The lowest BCUT2D eigenvalue weighted by atomic mass is 10.1. The number of hydrogen-bond donors (Lipinski definition) is 1. The summed E-state index contributed by atoms with van der Waals surface area (Å²) in [4.78, 5) is 12.3. The molecule has 2 aromatic heterocycles. The zero-order chi connectivity index (χ0) is 21.0. The Morgan fingerprint density at radius 1 is 1.19 bits per heavy atom. The van der Waals surface area contributed by atoms with Gasteiger partial charge < -0.3 is 24.4 Å². The van der Waals surface area contributed by atoms with E-state index in [2.05, 4.69) is 16.3 Å². The second kappa shape index (κ2) is 9.67. The molecule has 3 aliphatic rings. The van der Waals surface area contributed by atoms with E-state index in [0.717, 1.165) is 80.9 Å². The molecular weight excluding hydrogens is 392 g/mol. The molecular formula is C24H34N4O3. The van der Waals surface area contributed by atoms with Gasteiger partial charge >= 0.3 is 0 Å². The average molecular weight is 427 g/mol. The largest absolute Gasteiger partial charge is 0.481 e. The molecule has 2 saturated heterocycles. The number of anilines is 1. The summed E-state index contributed by atoms with van der Waals surface area (Å²) < 4.78 is 17.2. The summed E-state index contributed by atoms with van der Waals surface area (Å²) in [6.07, 6.45) is 7.00. The Morgan fingerprint density at radius 3 is 2.90 bits per heavy atom. The van der Waals surface area contributed by atoms with Gasteiger partial charge in [0.05, 0.1) is 38.1 Å². The summed E-state index contributed by atoms with van der Waals surface area (Å²) in [5.41, 5.74) is 6.50. The maximum Gasteiger partial charge on any atom is 0.219 e. The Hall–Kier alpha value is -1.96. The van der Waals surface area contributed by atoms with Crippen molar-refractivity contribution in [2.24, 2.45) is 5.92 Å². The molecule has 0 unspecified atom stereocenters. The van der Waals surface area contributed by atoms with E-state index < -0.39 is 0 Å². The van der Waals surface area contributed by atoms with Crippen molar-refractivity contribution in [2.75, 3.05) is 58.4 Å². The lowest BCUT2D eigenvalue weighted by Crippen LogP contribution is -2.24. The minimum atomic E-state index is 0.501. The Balaban J connectivity index is 1.36. The van der Waals surface area contributed by atoms with Crippen LogP contribution in [-0.2, 0) is 28.9 Å². The fourth-order valence-corrected chi connectivity index (χ4v) is 5.05. The molecule has 0 bridgehead atoms. The molecule has 1 N–H and O–H groups in total. The lowest BCUT2D eigenvalue weighted by molar-refractivity contribution is 0.0975. The van der Waals surface area contributed by atoms with Gasteiger partial charge in [-0.1, -0.05) is 0 Å². The van der Waals surface area contributed by atoms with Gasteiger partial charge in [-0.3, -0.25) is 4.98 Å². The van der Waals surface area contributed by atoms with Crippen molar-refractivity contribution in [1.29, 1.82) is 0 Å². The van der Waals surface area contributed by atoms with E-state index >= 15 is 0 Å². The van der Waals surface area contributed by atoms with Crippen molar-refractivity contribution in [3.63, 3.8) is 0 Å². The van der Waals surface area contributed by atoms with Crippen molar-refractivity contribution < 1.29 is 14.2 Å². The molecule has 0 radical (unpaired) electrons. The molecule has 1 aliphatic carbocycles. The summed E-state index contributed by atoms with van der Waals surface area (Å²) in [5, 5.41) is 3.71. The maximum absolute atomic E-state index is 5.99. The Bertz CT molecular complexity index is 908. The van der Waals surface area contributed by atoms with E-state index in [1.54, 1.807) is 7.11 Å². The van der Waals surface area contributed by atoms with E-state index in [0.29, 0.717) is 18.4 Å². The van der Waals surface area contributed by atoms with Crippen molar-refractivity contribution in [3.8, 4) is 5.88 Å². The molecule has 0 amide bonds. The van der Waals surface area contributed by atoms with Gasteiger partial charge in [0.1, 0.15) is 5.52 Å². The van der Waals surface area contributed by atoms with Gasteiger partial charge in [0.15, 0.2) is 0 Å². The number of nitrogens with zero attached hydrogens (tertiary/aromatic N) is 3. The van der Waals surface area contributed by atoms with Crippen LogP contribution in [0, 0.1) is 5.92 Å². The van der Waals surface area contributed by atoms with E-state index in [1.807, 2.05) is 0 Å². The Morgan fingerprint density at radius 2 is 2.10 bits per heavy atom. The van der Waals surface area contributed by atoms with Gasteiger partial charge in [-0.05, 0) is 63.2 Å². The number of methoxy groups -OCH3 is 1. The molecule has 0 spiro atoms. The van der Waals surface area contributed by atoms with Gasteiger partial charge in [0.2, 0.25) is 5.88 Å². The van der Waals surface area contributed by atoms with Crippen LogP contribution in [0.3, 0.4) is 0 Å². The Kier molecular flexibility index (Phi) is 6.53. The number of fused-ring (bicyclic) bond motifs is 2. The van der Waals surface area contributed by atoms with Gasteiger partial charge in [-0.25, -0.2) is 4.98 Å². The summed E-state index contributed by atoms with van der Waals surface area (Å²) in [5.74, 6) is 1.20. The van der Waals surface area contributed by atoms with Gasteiger partial charge in [0, 0.05) is 36.9 Å². The fraction of sp³-hybridized carbons (Fsp3) is 0.667. The normalized spacial score (nSPS) is 21.1. The third-order valence-electron chi connectivity index (χ3n) is 6.82. The first-order chi connectivity index (χ1) is 15.3. The standard InChI is InChI=1S/C24H34N4O3/c1-29-24-18(16-31-12-10-28-8-2-3-9-28)13-21-23(27-24)22(19-5-4-6-20(19)26-21)25-14-17-7-11-30-15-17/h13,17H,2-12,14-16H2,1H3,(H,25,26)/t17-/m1/s1. The second-order valence-electron chi connectivity index (χ2n) is 9.00. The number of ether oxygens (including phenoxy) is 3. The van der Waals surface area contributed by atoms with Gasteiger partial charge in [-0.15, -0.1) is 0 Å². The number of hydrogen-bond acceptors (Lipinski definition) is 7. The predicted octanol–water partition coefficient (Wildman–Crippen LogP) is 3.19. The zero-order valence-corrected chi connectivity index (χ0v) is 18.6. The number of nitrogens with one attached hydrogen (secondary N) is 1. The maximum atomic E-state index is 5.99. The van der Waals surface area contributed by atoms with Crippen LogP contribution in [0.5, 0.6) is 5.88 Å². The molecule has 31 heavy (non-hydrogen) atoms. The quantitative estimate of drug-likeness (QED) is 0.618. The molecule has 7 heteroatoms. The molecule has 4 heterocycles. The highest BCUT2D eigenvalue weighted by molar-refractivity contribution is 5.91. The number of rotatable bonds is 9. The first kappa shape index (κ1) is 20.9. The second-order valence-corrected chi connectivity index (χ2v) is 9.00. The molecule has 2 aromatic rings. The van der Waals surface area contributed by atoms with Crippen LogP contribution in [0.25, 0.3) is 11.0 Å². The van der Waals surface area contributed by atoms with Crippen molar-refractivity contribution in [3.05, 3.63) is 22.9 Å². The van der Waals surface area contributed by atoms with Crippen LogP contribution in [0.2, 0.25) is 0 Å². The zero-order valence-electron chi connectivity index (χ0n) is 18.6. The van der Waals surface area contributed by atoms with Crippen molar-refractivity contribution >= 4 is 16.7 Å². The van der Waals surface area contributed by atoms with E-state index in [9.17, 15) is 0 Å². The number of aryl methyl sites for hydroxylation is 1. The SMILES string of the molecule is COc1nc2c(NC[C@H]3CCOC3)c3c(nc2cc1COCCN1CCCC1)CCC3. The van der Waals surface area contributed by atoms with E-state index in [-0.39, 0.29) is 0 Å². The van der Waals surface area contributed by atoms with E-state index in [4.69, 9.17) is 24.2 Å². The number of aromatic nitrogens is 2. The smallest absolute Gasteiger partial charge is 0.219 e. The molecule has 1 atom stereocenters. The third-order valence-corrected chi connectivity index (χ3v) is 6.82. The summed E-state index contributed by atoms with van der Waals surface area (Å²) in [7, 11) is 1.69. The third kappa shape index (κ3) is 4.64. The highest BCUT2D eigenvalue weighted by Crippen LogP contribution is 2.35. The lowest BCUT2D eigenvalue weighted by Gasteiger charge is -2.18. The first-order valence-corrected chi connectivity index (χ1v) is 11.8. The minimum absolute atomic E-state index is 0.501. The fourth-order valence-electron chi connectivity index (χ4n) is 5.05. The van der Waals surface area contributed by atoms with Crippen LogP contribution < -0.4 is 10.1 Å². The highest BCUT2D eigenvalue weighted by atomic mass is 16.5. The molecule has 0 aromatic carbocycles. The topological polar surface area (TPSA) is 68.7 Å². The molecule has 2 aliphatic heterocycles. The van der Waals surface area contributed by atoms with E-state index in [1.165, 1.54) is 37.2 Å². The Labute approximate surface area is 184 Å². The van der Waals surface area contributed by atoms with Gasteiger partial charge in [-0.2, -0.15) is 0 Å². The molecule has 0 saturated carbocycles. The van der Waals surface area contributed by atoms with Crippen molar-refractivity contribution in [1.82, 2.24) is 14.9 Å². The highest BCUT2D eigenvalue weighted by Gasteiger charge is 2.23. The molecule has 7 nitrogen and oxygen atoms in total.